The summed E-state index contributed by atoms with van der Waals surface area (Å²) in [5, 5.41) is 0. The van der Waals surface area contributed by atoms with E-state index in [-0.39, 0.29) is 0 Å². The molecule has 118 valence electrons. The van der Waals surface area contributed by atoms with Gasteiger partial charge in [0.15, 0.2) is 23.3 Å². The Morgan fingerprint density at radius 2 is 1.29 bits per heavy atom. The summed E-state index contributed by atoms with van der Waals surface area (Å²) < 4.78 is 78.6. The van der Waals surface area contributed by atoms with Crippen molar-refractivity contribution in [3.8, 4) is 0 Å². The molecule has 10 heteroatoms. The standard InChI is InChI=1S/C11H12F4N2O3S/c1-16(2)11(18)5-6(12)7(13)8(14)9(15)10(5)21(19,20)17(3)4/h1-4H3. The molecule has 5 nitrogen and oxygen atoms in total. The van der Waals surface area contributed by atoms with E-state index in [1.165, 1.54) is 0 Å². The number of carbonyl (C=O) groups excluding carboxylic acids is 1. The Hall–Kier alpha value is -1.68. The van der Waals surface area contributed by atoms with E-state index in [4.69, 9.17) is 0 Å². The number of amides is 1. The molecule has 1 aromatic carbocycles. The Morgan fingerprint density at radius 3 is 1.67 bits per heavy atom. The van der Waals surface area contributed by atoms with Crippen molar-refractivity contribution in [2.75, 3.05) is 28.2 Å². The number of carbonyl (C=O) groups is 1. The van der Waals surface area contributed by atoms with Crippen LogP contribution in [0.15, 0.2) is 4.90 Å². The van der Waals surface area contributed by atoms with Crippen LogP contribution < -0.4 is 0 Å². The Morgan fingerprint density at radius 1 is 0.857 bits per heavy atom. The molecule has 1 aromatic rings. The van der Waals surface area contributed by atoms with Crippen molar-refractivity contribution in [3.63, 3.8) is 0 Å². The van der Waals surface area contributed by atoms with E-state index in [0.717, 1.165) is 28.2 Å². The Kier molecular flexibility index (Phi) is 4.63. The maximum Gasteiger partial charge on any atom is 0.257 e. The monoisotopic (exact) mass is 328 g/mol. The van der Waals surface area contributed by atoms with Crippen LogP contribution in [0.1, 0.15) is 10.4 Å². The second kappa shape index (κ2) is 5.60. The van der Waals surface area contributed by atoms with Gasteiger partial charge in [0.25, 0.3) is 5.91 Å². The van der Waals surface area contributed by atoms with E-state index in [1.54, 1.807) is 0 Å². The van der Waals surface area contributed by atoms with Crippen LogP contribution in [-0.4, -0.2) is 51.7 Å². The van der Waals surface area contributed by atoms with Crippen molar-refractivity contribution >= 4 is 15.9 Å². The molecule has 0 saturated heterocycles. The number of hydrogen-bond donors (Lipinski definition) is 0. The molecule has 0 N–H and O–H groups in total. The van der Waals surface area contributed by atoms with E-state index in [9.17, 15) is 30.8 Å². The van der Waals surface area contributed by atoms with E-state index < -0.39 is 49.7 Å². The third-order valence-corrected chi connectivity index (χ3v) is 4.44. The van der Waals surface area contributed by atoms with Crippen LogP contribution in [0.2, 0.25) is 0 Å². The number of sulfonamides is 1. The van der Waals surface area contributed by atoms with Crippen molar-refractivity contribution in [1.82, 2.24) is 9.21 Å². The summed E-state index contributed by atoms with van der Waals surface area (Å²) in [5.74, 6) is -10.1. The molecule has 0 spiro atoms. The van der Waals surface area contributed by atoms with Crippen LogP contribution in [0.5, 0.6) is 0 Å². The van der Waals surface area contributed by atoms with Crippen LogP contribution >= 0.6 is 0 Å². The minimum absolute atomic E-state index is 0.453. The Balaban J connectivity index is 3.99. The topological polar surface area (TPSA) is 57.7 Å². The smallest absolute Gasteiger partial charge is 0.257 e. The zero-order valence-electron chi connectivity index (χ0n) is 11.5. The summed E-state index contributed by atoms with van der Waals surface area (Å²) in [4.78, 5) is 11.0. The second-order valence-electron chi connectivity index (χ2n) is 4.45. The van der Waals surface area contributed by atoms with Crippen LogP contribution in [-0.2, 0) is 10.0 Å². The fourth-order valence-corrected chi connectivity index (χ4v) is 2.57. The molecular weight excluding hydrogens is 316 g/mol. The molecule has 21 heavy (non-hydrogen) atoms. The lowest BCUT2D eigenvalue weighted by atomic mass is 10.1. The van der Waals surface area contributed by atoms with E-state index in [1.807, 2.05) is 0 Å². The van der Waals surface area contributed by atoms with Crippen LogP contribution in [0.25, 0.3) is 0 Å². The number of benzene rings is 1. The molecule has 0 saturated carbocycles. The van der Waals surface area contributed by atoms with Crippen LogP contribution in [0, 0.1) is 23.3 Å². The van der Waals surface area contributed by atoms with Gasteiger partial charge in [-0.05, 0) is 0 Å². The fraction of sp³-hybridized carbons (Fsp3) is 0.364. The lowest BCUT2D eigenvalue weighted by Gasteiger charge is -2.19. The van der Waals surface area contributed by atoms with E-state index in [2.05, 4.69) is 0 Å². The minimum atomic E-state index is -4.71. The van der Waals surface area contributed by atoms with Gasteiger partial charge in [-0.15, -0.1) is 0 Å². The Bertz CT molecular complexity index is 702. The van der Waals surface area contributed by atoms with Crippen molar-refractivity contribution in [1.29, 1.82) is 0 Å². The summed E-state index contributed by atoms with van der Waals surface area (Å²) in [6, 6.07) is 0. The maximum atomic E-state index is 13.8. The van der Waals surface area contributed by atoms with Crippen LogP contribution in [0.3, 0.4) is 0 Å². The van der Waals surface area contributed by atoms with Gasteiger partial charge in [0.2, 0.25) is 10.0 Å². The predicted molar refractivity (Wildman–Crippen MR) is 65.2 cm³/mol. The first-order chi connectivity index (χ1) is 9.44. The molecule has 0 fully saturated rings. The van der Waals surface area contributed by atoms with Crippen molar-refractivity contribution in [2.45, 2.75) is 4.90 Å². The molecule has 0 bridgehead atoms. The lowest BCUT2D eigenvalue weighted by molar-refractivity contribution is 0.0815. The fourth-order valence-electron chi connectivity index (χ4n) is 1.45. The zero-order valence-corrected chi connectivity index (χ0v) is 12.4. The normalized spacial score (nSPS) is 11.9. The SMILES string of the molecule is CN(C)C(=O)c1c(F)c(F)c(F)c(F)c1S(=O)(=O)N(C)C. The van der Waals surface area contributed by atoms with Gasteiger partial charge < -0.3 is 4.90 Å². The van der Waals surface area contributed by atoms with Crippen molar-refractivity contribution in [3.05, 3.63) is 28.8 Å². The average molecular weight is 328 g/mol. The van der Waals surface area contributed by atoms with Crippen LogP contribution in [0.4, 0.5) is 17.6 Å². The van der Waals surface area contributed by atoms with Gasteiger partial charge in [-0.25, -0.2) is 30.3 Å². The van der Waals surface area contributed by atoms with Gasteiger partial charge in [0.05, 0.1) is 0 Å². The number of nitrogens with zero attached hydrogens (tertiary/aromatic N) is 2. The molecule has 0 heterocycles. The predicted octanol–water partition coefficient (Wildman–Crippen LogP) is 1.20. The highest BCUT2D eigenvalue weighted by Crippen LogP contribution is 2.30. The largest absolute Gasteiger partial charge is 0.345 e. The number of rotatable bonds is 3. The highest BCUT2D eigenvalue weighted by Gasteiger charge is 2.37. The second-order valence-corrected chi connectivity index (χ2v) is 6.54. The molecule has 0 unspecified atom stereocenters. The van der Waals surface area contributed by atoms with E-state index >= 15 is 0 Å². The summed E-state index contributed by atoms with van der Waals surface area (Å²) in [6.07, 6.45) is 0. The third-order valence-electron chi connectivity index (χ3n) is 2.58. The first-order valence-corrected chi connectivity index (χ1v) is 6.88. The van der Waals surface area contributed by atoms with Gasteiger partial charge in [-0.2, -0.15) is 0 Å². The van der Waals surface area contributed by atoms with Crippen molar-refractivity contribution < 1.29 is 30.8 Å². The van der Waals surface area contributed by atoms with Crippen molar-refractivity contribution in [2.24, 2.45) is 0 Å². The third kappa shape index (κ3) is 2.72. The van der Waals surface area contributed by atoms with E-state index in [0.29, 0.717) is 9.21 Å². The summed E-state index contributed by atoms with van der Waals surface area (Å²) in [5.41, 5.74) is -1.38. The molecule has 0 aliphatic rings. The van der Waals surface area contributed by atoms with Gasteiger partial charge in [0.1, 0.15) is 10.5 Å². The first kappa shape index (κ1) is 17.4. The molecule has 0 aliphatic carbocycles. The molecule has 0 aromatic heterocycles. The quantitative estimate of drug-likeness (QED) is 0.476. The summed E-state index contributed by atoms with van der Waals surface area (Å²) in [7, 11) is -0.538. The highest BCUT2D eigenvalue weighted by atomic mass is 32.2. The first-order valence-electron chi connectivity index (χ1n) is 5.44. The molecule has 1 rings (SSSR count). The molecule has 1 amide bonds. The highest BCUT2D eigenvalue weighted by molar-refractivity contribution is 7.89. The van der Waals surface area contributed by atoms with Gasteiger partial charge >= 0.3 is 0 Å². The number of hydrogen-bond acceptors (Lipinski definition) is 3. The summed E-state index contributed by atoms with van der Waals surface area (Å²) in [6.45, 7) is 0. The molecule has 0 radical (unpaired) electrons. The zero-order chi connectivity index (χ0) is 16.7. The molecule has 0 aliphatic heterocycles. The van der Waals surface area contributed by atoms with Gasteiger partial charge in [-0.1, -0.05) is 0 Å². The van der Waals surface area contributed by atoms with Gasteiger partial charge in [-0.3, -0.25) is 4.79 Å². The maximum absolute atomic E-state index is 13.8. The Labute approximate surface area is 118 Å². The average Bonchev–Trinajstić information content (AvgIpc) is 2.38. The minimum Gasteiger partial charge on any atom is -0.345 e. The summed E-state index contributed by atoms with van der Waals surface area (Å²) >= 11 is 0. The lowest BCUT2D eigenvalue weighted by Crippen LogP contribution is -2.31. The molecular formula is C11H12F4N2O3S. The molecule has 0 atom stereocenters. The number of halogens is 4. The van der Waals surface area contributed by atoms with Gasteiger partial charge in [0, 0.05) is 28.2 Å².